The highest BCUT2D eigenvalue weighted by Gasteiger charge is 2.26. The molecule has 4 nitrogen and oxygen atoms in total. The minimum Gasteiger partial charge on any atom is -0.468 e. The molecule has 20 heavy (non-hydrogen) atoms. The fourth-order valence-corrected chi connectivity index (χ4v) is 1.90. The summed E-state index contributed by atoms with van der Waals surface area (Å²) in [5.74, 6) is 0.284. The van der Waals surface area contributed by atoms with E-state index in [0.717, 1.165) is 6.54 Å². The molecule has 1 aromatic rings. The minimum atomic E-state index is -2.86. The van der Waals surface area contributed by atoms with E-state index in [9.17, 15) is 13.6 Å². The number of carbonyl (C=O) groups excluding carboxylic acids is 1. The summed E-state index contributed by atoms with van der Waals surface area (Å²) >= 11 is 0. The van der Waals surface area contributed by atoms with Crippen molar-refractivity contribution in [3.63, 3.8) is 0 Å². The number of alkyl halides is 2. The normalized spacial score (nSPS) is 16.0. The van der Waals surface area contributed by atoms with Crippen LogP contribution in [0.3, 0.4) is 0 Å². The van der Waals surface area contributed by atoms with Crippen molar-refractivity contribution in [3.8, 4) is 5.75 Å². The Kier molecular flexibility index (Phi) is 4.89. The van der Waals surface area contributed by atoms with Gasteiger partial charge in [-0.1, -0.05) is 12.1 Å². The Hall–Kier alpha value is -1.69. The largest absolute Gasteiger partial charge is 0.468 e. The number of esters is 1. The van der Waals surface area contributed by atoms with Crippen molar-refractivity contribution >= 4 is 5.97 Å². The number of benzene rings is 1. The molecule has 0 amide bonds. The predicted octanol–water partition coefficient (Wildman–Crippen LogP) is 2.50. The number of methoxy groups -OCH3 is 1. The van der Waals surface area contributed by atoms with E-state index in [1.165, 1.54) is 32.1 Å². The van der Waals surface area contributed by atoms with Gasteiger partial charge in [0.2, 0.25) is 0 Å². The lowest BCUT2D eigenvalue weighted by Crippen LogP contribution is -2.31. The maximum Gasteiger partial charge on any atom is 0.387 e. The molecule has 0 spiro atoms. The van der Waals surface area contributed by atoms with Crippen molar-refractivity contribution in [1.29, 1.82) is 0 Å². The Bertz CT molecular complexity index is 446. The molecule has 110 valence electrons. The number of carbonyl (C=O) groups is 1. The second-order valence-electron chi connectivity index (χ2n) is 4.76. The van der Waals surface area contributed by atoms with E-state index in [2.05, 4.69) is 10.1 Å². The first-order valence-electron chi connectivity index (χ1n) is 6.46. The highest BCUT2D eigenvalue weighted by atomic mass is 19.3. The summed E-state index contributed by atoms with van der Waals surface area (Å²) in [7, 11) is 1.32. The molecule has 0 aromatic heterocycles. The van der Waals surface area contributed by atoms with E-state index in [-0.39, 0.29) is 5.75 Å². The average Bonchev–Trinajstić information content (AvgIpc) is 3.24. The zero-order chi connectivity index (χ0) is 14.5. The molecule has 2 rings (SSSR count). The van der Waals surface area contributed by atoms with Gasteiger partial charge in [0.1, 0.15) is 11.8 Å². The van der Waals surface area contributed by atoms with Crippen LogP contribution >= 0.6 is 0 Å². The van der Waals surface area contributed by atoms with Crippen LogP contribution in [0.15, 0.2) is 24.3 Å². The first-order chi connectivity index (χ1) is 9.60. The molecule has 0 bridgehead atoms. The molecule has 1 atom stereocenters. The number of hydrogen-bond donors (Lipinski definition) is 1. The van der Waals surface area contributed by atoms with Gasteiger partial charge in [0.15, 0.2) is 0 Å². The second kappa shape index (κ2) is 6.65. The Morgan fingerprint density at radius 1 is 1.35 bits per heavy atom. The van der Waals surface area contributed by atoms with Crippen molar-refractivity contribution in [1.82, 2.24) is 5.32 Å². The number of rotatable bonds is 7. The van der Waals surface area contributed by atoms with E-state index in [1.54, 1.807) is 12.1 Å². The van der Waals surface area contributed by atoms with E-state index >= 15 is 0 Å². The zero-order valence-corrected chi connectivity index (χ0v) is 11.1. The molecule has 1 N–H and O–H groups in total. The molecule has 0 aliphatic heterocycles. The van der Waals surface area contributed by atoms with E-state index < -0.39 is 18.6 Å². The van der Waals surface area contributed by atoms with Crippen LogP contribution in [-0.2, 0) is 9.53 Å². The van der Waals surface area contributed by atoms with Crippen molar-refractivity contribution in [2.75, 3.05) is 13.7 Å². The summed E-state index contributed by atoms with van der Waals surface area (Å²) in [5, 5.41) is 3.15. The van der Waals surface area contributed by atoms with Gasteiger partial charge in [0, 0.05) is 0 Å². The maximum atomic E-state index is 12.1. The average molecular weight is 285 g/mol. The van der Waals surface area contributed by atoms with Crippen LogP contribution in [0.25, 0.3) is 0 Å². The molecule has 1 aliphatic rings. The van der Waals surface area contributed by atoms with Crippen LogP contribution in [0.5, 0.6) is 5.75 Å². The SMILES string of the molecule is COC(=O)C(NCC1CC1)c1ccc(OC(F)F)cc1. The van der Waals surface area contributed by atoms with Gasteiger partial charge in [-0.2, -0.15) is 8.78 Å². The third-order valence-corrected chi connectivity index (χ3v) is 3.18. The van der Waals surface area contributed by atoms with Gasteiger partial charge in [-0.3, -0.25) is 0 Å². The first-order valence-corrected chi connectivity index (χ1v) is 6.46. The van der Waals surface area contributed by atoms with Gasteiger partial charge >= 0.3 is 12.6 Å². The number of halogens is 2. The maximum absolute atomic E-state index is 12.1. The van der Waals surface area contributed by atoms with Crippen LogP contribution in [0, 0.1) is 5.92 Å². The van der Waals surface area contributed by atoms with Crippen LogP contribution in [0.1, 0.15) is 24.4 Å². The van der Waals surface area contributed by atoms with Gasteiger partial charge in [-0.25, -0.2) is 4.79 Å². The lowest BCUT2D eigenvalue weighted by molar-refractivity contribution is -0.143. The third-order valence-electron chi connectivity index (χ3n) is 3.18. The van der Waals surface area contributed by atoms with Gasteiger partial charge in [-0.15, -0.1) is 0 Å². The summed E-state index contributed by atoms with van der Waals surface area (Å²) in [6.07, 6.45) is 2.34. The van der Waals surface area contributed by atoms with Crippen LogP contribution in [0.4, 0.5) is 8.78 Å². The lowest BCUT2D eigenvalue weighted by atomic mass is 10.1. The monoisotopic (exact) mass is 285 g/mol. The van der Waals surface area contributed by atoms with Gasteiger partial charge in [0.05, 0.1) is 7.11 Å². The van der Waals surface area contributed by atoms with Gasteiger partial charge in [0.25, 0.3) is 0 Å². The highest BCUT2D eigenvalue weighted by Crippen LogP contribution is 2.29. The molecule has 1 unspecified atom stereocenters. The van der Waals surface area contributed by atoms with Crippen molar-refractivity contribution in [3.05, 3.63) is 29.8 Å². The van der Waals surface area contributed by atoms with E-state index in [4.69, 9.17) is 4.74 Å². The first kappa shape index (κ1) is 14.7. The summed E-state index contributed by atoms with van der Waals surface area (Å²) in [6.45, 7) is -2.11. The van der Waals surface area contributed by atoms with Crippen LogP contribution in [0.2, 0.25) is 0 Å². The third kappa shape index (κ3) is 4.16. The Balaban J connectivity index is 2.04. The molecule has 6 heteroatoms. The Morgan fingerprint density at radius 3 is 2.50 bits per heavy atom. The molecule has 1 saturated carbocycles. The second-order valence-corrected chi connectivity index (χ2v) is 4.76. The van der Waals surface area contributed by atoms with E-state index in [1.807, 2.05) is 0 Å². The molecule has 0 radical (unpaired) electrons. The molecule has 1 aromatic carbocycles. The number of hydrogen-bond acceptors (Lipinski definition) is 4. The number of nitrogens with one attached hydrogen (secondary N) is 1. The smallest absolute Gasteiger partial charge is 0.387 e. The molecule has 1 fully saturated rings. The van der Waals surface area contributed by atoms with Crippen LogP contribution in [-0.4, -0.2) is 26.2 Å². The molecular formula is C14H17F2NO3. The summed E-state index contributed by atoms with van der Waals surface area (Å²) < 4.78 is 33.2. The number of ether oxygens (including phenoxy) is 2. The van der Waals surface area contributed by atoms with Gasteiger partial charge in [-0.05, 0) is 43.0 Å². The van der Waals surface area contributed by atoms with Gasteiger partial charge < -0.3 is 14.8 Å². The standard InChI is InChI=1S/C14H17F2NO3/c1-19-13(18)12(17-8-9-2-3-9)10-4-6-11(7-5-10)20-14(15)16/h4-7,9,12,14,17H,2-3,8H2,1H3. The minimum absolute atomic E-state index is 0.0644. The van der Waals surface area contributed by atoms with Crippen molar-refractivity contribution < 1.29 is 23.0 Å². The summed E-state index contributed by atoms with van der Waals surface area (Å²) in [6, 6.07) is 5.41. The lowest BCUT2D eigenvalue weighted by Gasteiger charge is -2.17. The summed E-state index contributed by atoms with van der Waals surface area (Å²) in [5.41, 5.74) is 0.666. The predicted molar refractivity (Wildman–Crippen MR) is 68.6 cm³/mol. The molecular weight excluding hydrogens is 268 g/mol. The van der Waals surface area contributed by atoms with Crippen molar-refractivity contribution in [2.24, 2.45) is 5.92 Å². The zero-order valence-electron chi connectivity index (χ0n) is 11.1. The summed E-state index contributed by atoms with van der Waals surface area (Å²) in [4.78, 5) is 11.8. The van der Waals surface area contributed by atoms with Crippen LogP contribution < -0.4 is 10.1 Å². The quantitative estimate of drug-likeness (QED) is 0.782. The molecule has 0 heterocycles. The Morgan fingerprint density at radius 2 is 2.00 bits per heavy atom. The topological polar surface area (TPSA) is 47.6 Å². The van der Waals surface area contributed by atoms with Crippen molar-refractivity contribution in [2.45, 2.75) is 25.5 Å². The fraction of sp³-hybridized carbons (Fsp3) is 0.500. The highest BCUT2D eigenvalue weighted by molar-refractivity contribution is 5.77. The molecule has 1 aliphatic carbocycles. The Labute approximate surface area is 116 Å². The molecule has 0 saturated heterocycles. The van der Waals surface area contributed by atoms with E-state index in [0.29, 0.717) is 11.5 Å². The fourth-order valence-electron chi connectivity index (χ4n) is 1.90.